The van der Waals surface area contributed by atoms with Crippen molar-refractivity contribution < 1.29 is 8.83 Å². The Bertz CT molecular complexity index is 2760. The molecule has 10 aromatic rings. The summed E-state index contributed by atoms with van der Waals surface area (Å²) >= 11 is 0. The third-order valence-electron chi connectivity index (χ3n) is 9.19. The monoisotopic (exact) mass is 575 g/mol. The van der Waals surface area contributed by atoms with E-state index in [0.29, 0.717) is 0 Å². The standard InChI is InChI=1S/C42H25NO2/c1-2-9-26(10-3-1)29-17-19-31-34-20-21-35-32-13-4-7-16-39(32)45-42(35)41(34)43(37(31)25-29)30-12-8-11-27(23-30)28-18-22-40-36(24-28)33-14-5-6-15-38(33)44-40/h1-25H. The number of rotatable bonds is 3. The van der Waals surface area contributed by atoms with Gasteiger partial charge >= 0.3 is 0 Å². The molecular formula is C42H25NO2. The minimum Gasteiger partial charge on any atom is -0.456 e. The normalized spacial score (nSPS) is 12.0. The fraction of sp³-hybridized carbons (Fsp3) is 0. The van der Waals surface area contributed by atoms with Gasteiger partial charge in [-0.2, -0.15) is 0 Å². The fourth-order valence-electron chi connectivity index (χ4n) is 7.09. The van der Waals surface area contributed by atoms with Gasteiger partial charge in [0, 0.05) is 38.0 Å². The van der Waals surface area contributed by atoms with Crippen molar-refractivity contribution in [2.45, 2.75) is 0 Å². The van der Waals surface area contributed by atoms with Crippen LogP contribution in [-0.2, 0) is 0 Å². The lowest BCUT2D eigenvalue weighted by molar-refractivity contribution is 0.669. The van der Waals surface area contributed by atoms with E-state index in [1.807, 2.05) is 18.2 Å². The van der Waals surface area contributed by atoms with E-state index in [-0.39, 0.29) is 0 Å². The van der Waals surface area contributed by atoms with E-state index in [9.17, 15) is 0 Å². The highest BCUT2D eigenvalue weighted by molar-refractivity contribution is 6.21. The molecule has 0 N–H and O–H groups in total. The zero-order valence-electron chi connectivity index (χ0n) is 24.2. The summed E-state index contributed by atoms with van der Waals surface area (Å²) in [6.07, 6.45) is 0. The highest BCUT2D eigenvalue weighted by atomic mass is 16.3. The maximum Gasteiger partial charge on any atom is 0.160 e. The van der Waals surface area contributed by atoms with Crippen LogP contribution in [0.2, 0.25) is 0 Å². The predicted molar refractivity (Wildman–Crippen MR) is 186 cm³/mol. The minimum absolute atomic E-state index is 0.899. The number of hydrogen-bond acceptors (Lipinski definition) is 2. The molecule has 3 aromatic heterocycles. The summed E-state index contributed by atoms with van der Waals surface area (Å²) in [7, 11) is 0. The van der Waals surface area contributed by atoms with Gasteiger partial charge in [-0.25, -0.2) is 0 Å². The van der Waals surface area contributed by atoms with Crippen molar-refractivity contribution in [1.29, 1.82) is 0 Å². The van der Waals surface area contributed by atoms with Gasteiger partial charge < -0.3 is 13.4 Å². The number of furan rings is 2. The van der Waals surface area contributed by atoms with Crippen molar-refractivity contribution >= 4 is 65.7 Å². The molecular weight excluding hydrogens is 550 g/mol. The van der Waals surface area contributed by atoms with Gasteiger partial charge in [0.25, 0.3) is 0 Å². The molecule has 3 heteroatoms. The molecule has 0 fully saturated rings. The van der Waals surface area contributed by atoms with E-state index in [1.54, 1.807) is 0 Å². The Morgan fingerprint density at radius 1 is 0.356 bits per heavy atom. The molecule has 210 valence electrons. The van der Waals surface area contributed by atoms with Crippen LogP contribution in [0.3, 0.4) is 0 Å². The van der Waals surface area contributed by atoms with Gasteiger partial charge in [-0.15, -0.1) is 0 Å². The lowest BCUT2D eigenvalue weighted by Gasteiger charge is -2.11. The molecule has 0 atom stereocenters. The second-order valence-corrected chi connectivity index (χ2v) is 11.7. The largest absolute Gasteiger partial charge is 0.456 e. The van der Waals surface area contributed by atoms with Crippen molar-refractivity contribution in [2.24, 2.45) is 0 Å². The Labute approximate surface area is 258 Å². The van der Waals surface area contributed by atoms with Crippen LogP contribution in [0.4, 0.5) is 0 Å². The van der Waals surface area contributed by atoms with Crippen LogP contribution in [0.25, 0.3) is 93.6 Å². The van der Waals surface area contributed by atoms with E-state index >= 15 is 0 Å². The van der Waals surface area contributed by atoms with E-state index in [2.05, 4.69) is 138 Å². The SMILES string of the molecule is c1ccc(-c2ccc3c4ccc5c6ccccc6oc5c4n(-c4cccc(-c5ccc6oc7ccccc7c6c5)c4)c3c2)cc1. The summed E-state index contributed by atoms with van der Waals surface area (Å²) < 4.78 is 15.1. The third kappa shape index (κ3) is 3.58. The van der Waals surface area contributed by atoms with Gasteiger partial charge in [-0.05, 0) is 70.8 Å². The Morgan fingerprint density at radius 2 is 0.978 bits per heavy atom. The number of fused-ring (bicyclic) bond motifs is 10. The molecule has 10 rings (SSSR count). The van der Waals surface area contributed by atoms with Crippen LogP contribution in [0, 0.1) is 0 Å². The van der Waals surface area contributed by atoms with E-state index in [4.69, 9.17) is 8.83 Å². The summed E-state index contributed by atoms with van der Waals surface area (Å²) in [5, 5.41) is 6.89. The van der Waals surface area contributed by atoms with Crippen LogP contribution < -0.4 is 0 Å². The Morgan fingerprint density at radius 3 is 1.84 bits per heavy atom. The lowest BCUT2D eigenvalue weighted by atomic mass is 10.0. The van der Waals surface area contributed by atoms with Crippen molar-refractivity contribution in [2.75, 3.05) is 0 Å². The van der Waals surface area contributed by atoms with Crippen molar-refractivity contribution in [3.63, 3.8) is 0 Å². The zero-order chi connectivity index (χ0) is 29.5. The van der Waals surface area contributed by atoms with Crippen LogP contribution in [0.5, 0.6) is 0 Å². The predicted octanol–water partition coefficient (Wildman–Crippen LogP) is 11.9. The van der Waals surface area contributed by atoms with Crippen LogP contribution in [0.15, 0.2) is 160 Å². The molecule has 3 nitrogen and oxygen atoms in total. The maximum absolute atomic E-state index is 6.64. The molecule has 0 aliphatic carbocycles. The number of nitrogens with zero attached hydrogens (tertiary/aromatic N) is 1. The minimum atomic E-state index is 0.899. The molecule has 0 unspecified atom stereocenters. The Hall–Kier alpha value is -6.06. The molecule has 0 aliphatic rings. The van der Waals surface area contributed by atoms with Gasteiger partial charge in [0.1, 0.15) is 16.7 Å². The van der Waals surface area contributed by atoms with Gasteiger partial charge in [0.2, 0.25) is 0 Å². The Kier molecular flexibility index (Phi) is 5.00. The molecule has 3 heterocycles. The average molecular weight is 576 g/mol. The summed E-state index contributed by atoms with van der Waals surface area (Å²) in [4.78, 5) is 0. The third-order valence-corrected chi connectivity index (χ3v) is 9.19. The molecule has 7 aromatic carbocycles. The van der Waals surface area contributed by atoms with Gasteiger partial charge in [-0.3, -0.25) is 0 Å². The van der Waals surface area contributed by atoms with Crippen LogP contribution in [-0.4, -0.2) is 4.57 Å². The smallest absolute Gasteiger partial charge is 0.160 e. The number of para-hydroxylation sites is 2. The summed E-state index contributed by atoms with van der Waals surface area (Å²) in [6, 6.07) is 53.7. The first-order valence-corrected chi connectivity index (χ1v) is 15.3. The summed E-state index contributed by atoms with van der Waals surface area (Å²) in [5.74, 6) is 0. The van der Waals surface area contributed by atoms with Gasteiger partial charge in [-0.1, -0.05) is 103 Å². The van der Waals surface area contributed by atoms with Gasteiger partial charge in [0.05, 0.1) is 11.0 Å². The van der Waals surface area contributed by atoms with E-state index in [0.717, 1.165) is 71.7 Å². The molecule has 0 saturated heterocycles. The first-order valence-electron chi connectivity index (χ1n) is 15.3. The molecule has 0 spiro atoms. The zero-order valence-corrected chi connectivity index (χ0v) is 24.2. The first kappa shape index (κ1) is 24.4. The number of hydrogen-bond donors (Lipinski definition) is 0. The first-order chi connectivity index (χ1) is 22.3. The molecule has 0 bridgehead atoms. The molecule has 0 radical (unpaired) electrons. The summed E-state index contributed by atoms with van der Waals surface area (Å²) in [5.41, 5.74) is 11.6. The van der Waals surface area contributed by atoms with Crippen LogP contribution >= 0.6 is 0 Å². The number of benzene rings is 7. The Balaban J connectivity index is 1.27. The maximum atomic E-state index is 6.64. The van der Waals surface area contributed by atoms with E-state index < -0.39 is 0 Å². The average Bonchev–Trinajstić information content (AvgIpc) is 3.77. The quantitative estimate of drug-likeness (QED) is 0.210. The lowest BCUT2D eigenvalue weighted by Crippen LogP contribution is -1.95. The highest BCUT2D eigenvalue weighted by Gasteiger charge is 2.20. The topological polar surface area (TPSA) is 31.2 Å². The highest BCUT2D eigenvalue weighted by Crippen LogP contribution is 2.42. The van der Waals surface area contributed by atoms with E-state index in [1.165, 1.54) is 21.9 Å². The van der Waals surface area contributed by atoms with Crippen molar-refractivity contribution in [1.82, 2.24) is 4.57 Å². The molecule has 0 saturated carbocycles. The second kappa shape index (κ2) is 9.22. The van der Waals surface area contributed by atoms with Crippen LogP contribution in [0.1, 0.15) is 0 Å². The second-order valence-electron chi connectivity index (χ2n) is 11.7. The molecule has 45 heavy (non-hydrogen) atoms. The van der Waals surface area contributed by atoms with Crippen molar-refractivity contribution in [3.8, 4) is 27.9 Å². The van der Waals surface area contributed by atoms with Gasteiger partial charge in [0.15, 0.2) is 5.58 Å². The molecule has 0 amide bonds. The fourth-order valence-corrected chi connectivity index (χ4v) is 7.09. The molecule has 0 aliphatic heterocycles. The summed E-state index contributed by atoms with van der Waals surface area (Å²) in [6.45, 7) is 0. The number of aromatic nitrogens is 1. The van der Waals surface area contributed by atoms with Crippen molar-refractivity contribution in [3.05, 3.63) is 152 Å².